The van der Waals surface area contributed by atoms with Crippen LogP contribution in [0, 0.1) is 11.8 Å². The summed E-state index contributed by atoms with van der Waals surface area (Å²) in [6, 6.07) is 11.6. The molecule has 0 unspecified atom stereocenters. The maximum Gasteiger partial charge on any atom is 0.338 e. The van der Waals surface area contributed by atoms with Gasteiger partial charge in [0.2, 0.25) is 17.7 Å². The van der Waals surface area contributed by atoms with Crippen LogP contribution in [-0.2, 0) is 35.1 Å². The Hall–Kier alpha value is -4.64. The lowest BCUT2D eigenvalue weighted by Gasteiger charge is -2.33. The number of rotatable bonds is 4. The highest BCUT2D eigenvalue weighted by Crippen LogP contribution is 2.26. The van der Waals surface area contributed by atoms with Gasteiger partial charge < -0.3 is 35.7 Å². The van der Waals surface area contributed by atoms with Crippen molar-refractivity contribution in [2.75, 3.05) is 19.9 Å². The summed E-state index contributed by atoms with van der Waals surface area (Å²) in [4.78, 5) is 59.7. The van der Waals surface area contributed by atoms with Crippen LogP contribution >= 0.6 is 0 Å². The first-order valence-corrected chi connectivity index (χ1v) is 16.0. The quantitative estimate of drug-likeness (QED) is 0.190. The molecule has 3 aromatic rings. The number of likely N-dealkylation sites (N-methyl/N-ethyl adjacent to an activating group) is 1. The molecule has 252 valence electrons. The van der Waals surface area contributed by atoms with Crippen molar-refractivity contribution in [2.24, 2.45) is 11.8 Å². The molecule has 5 N–H and O–H groups in total. The molecule has 0 bridgehead atoms. The van der Waals surface area contributed by atoms with Gasteiger partial charge in [0.25, 0.3) is 0 Å². The van der Waals surface area contributed by atoms with Crippen molar-refractivity contribution in [3.05, 3.63) is 77.5 Å². The average molecular weight is 646 g/mol. The van der Waals surface area contributed by atoms with Gasteiger partial charge in [0.15, 0.2) is 6.10 Å². The molecule has 0 saturated heterocycles. The van der Waals surface area contributed by atoms with Crippen LogP contribution in [0.4, 0.5) is 5.69 Å². The maximum atomic E-state index is 14.4. The number of carbonyl (C=O) groups is 4. The number of nitrogens with one attached hydrogen (secondary N) is 3. The van der Waals surface area contributed by atoms with E-state index in [4.69, 9.17) is 15.2 Å². The third kappa shape index (κ3) is 8.40. The van der Waals surface area contributed by atoms with E-state index in [1.54, 1.807) is 52.1 Å². The number of hydrogen-bond acceptors (Lipinski definition) is 7. The minimum absolute atomic E-state index is 0.157. The molecule has 1 aliphatic heterocycles. The number of fused-ring (bicyclic) bond motifs is 1. The Bertz CT molecular complexity index is 1620. The first kappa shape index (κ1) is 35.2. The van der Waals surface area contributed by atoms with Crippen molar-refractivity contribution in [3.63, 3.8) is 0 Å². The highest BCUT2D eigenvalue weighted by molar-refractivity contribution is 5.93. The molecule has 4 rings (SSSR count). The molecule has 11 heteroatoms. The molecule has 7 atom stereocenters. The van der Waals surface area contributed by atoms with Crippen LogP contribution in [0.25, 0.3) is 10.9 Å². The Balaban J connectivity index is 1.80. The minimum Gasteiger partial charge on any atom is -0.460 e. The Morgan fingerprint density at radius 2 is 1.64 bits per heavy atom. The molecule has 0 fully saturated rings. The number of hydrogen-bond donors (Lipinski definition) is 4. The number of nitrogen functional groups attached to an aromatic ring is 1. The zero-order chi connectivity index (χ0) is 34.4. The fourth-order valence-electron chi connectivity index (χ4n) is 6.03. The van der Waals surface area contributed by atoms with Crippen LogP contribution in [0.15, 0.2) is 66.4 Å². The van der Waals surface area contributed by atoms with Crippen molar-refractivity contribution in [2.45, 2.75) is 77.8 Å². The molecule has 1 aliphatic rings. The van der Waals surface area contributed by atoms with Crippen molar-refractivity contribution in [3.8, 4) is 0 Å². The van der Waals surface area contributed by atoms with E-state index in [-0.39, 0.29) is 18.2 Å². The largest absolute Gasteiger partial charge is 0.460 e. The van der Waals surface area contributed by atoms with E-state index in [0.717, 1.165) is 22.0 Å². The first-order chi connectivity index (χ1) is 22.3. The number of anilines is 1. The fourth-order valence-corrected chi connectivity index (χ4v) is 6.03. The van der Waals surface area contributed by atoms with Crippen LogP contribution in [0.1, 0.15) is 58.2 Å². The molecular weight excluding hydrogens is 598 g/mol. The number of methoxy groups -OCH3 is 1. The molecule has 47 heavy (non-hydrogen) atoms. The molecule has 0 saturated carbocycles. The summed E-state index contributed by atoms with van der Waals surface area (Å²) >= 11 is 0. The number of nitrogens with two attached hydrogens (primary N) is 1. The van der Waals surface area contributed by atoms with Gasteiger partial charge in [-0.05, 0) is 56.5 Å². The molecular formula is C36H47N5O6. The zero-order valence-electron chi connectivity index (χ0n) is 28.2. The van der Waals surface area contributed by atoms with Gasteiger partial charge >= 0.3 is 5.97 Å². The average Bonchev–Trinajstić information content (AvgIpc) is 3.45. The Labute approximate surface area is 276 Å². The van der Waals surface area contributed by atoms with Gasteiger partial charge in [0.05, 0.1) is 6.04 Å². The summed E-state index contributed by atoms with van der Waals surface area (Å²) in [5, 5.41) is 6.76. The second-order valence-corrected chi connectivity index (χ2v) is 12.7. The van der Waals surface area contributed by atoms with E-state index in [0.29, 0.717) is 17.7 Å². The maximum absolute atomic E-state index is 14.4. The van der Waals surface area contributed by atoms with Gasteiger partial charge in [0, 0.05) is 55.2 Å². The van der Waals surface area contributed by atoms with E-state index in [9.17, 15) is 19.2 Å². The fraction of sp³-hybridized carbons (Fsp3) is 0.444. The summed E-state index contributed by atoms with van der Waals surface area (Å²) in [5.41, 5.74) is 9.70. The van der Waals surface area contributed by atoms with Crippen molar-refractivity contribution in [1.29, 1.82) is 0 Å². The van der Waals surface area contributed by atoms with Gasteiger partial charge in [0.1, 0.15) is 18.2 Å². The molecule has 3 amide bonds. The number of nitrogens with zero attached hydrogens (tertiary/aromatic N) is 1. The molecule has 11 nitrogen and oxygen atoms in total. The van der Waals surface area contributed by atoms with E-state index in [2.05, 4.69) is 15.6 Å². The number of carbonyl (C=O) groups excluding carboxylic acids is 4. The number of ether oxygens (including phenoxy) is 2. The number of allylic oxidation sites excluding steroid dienone is 1. The van der Waals surface area contributed by atoms with Gasteiger partial charge in [-0.15, -0.1) is 0 Å². The lowest BCUT2D eigenvalue weighted by Crippen LogP contribution is -2.56. The summed E-state index contributed by atoms with van der Waals surface area (Å²) in [6.45, 7) is 9.06. The molecule has 2 heterocycles. The van der Waals surface area contributed by atoms with E-state index >= 15 is 0 Å². The number of aromatic amines is 1. The topological polar surface area (TPSA) is 156 Å². The number of amides is 3. The highest BCUT2D eigenvalue weighted by atomic mass is 16.6. The summed E-state index contributed by atoms with van der Waals surface area (Å²) in [7, 11) is 2.93. The van der Waals surface area contributed by atoms with Crippen molar-refractivity contribution in [1.82, 2.24) is 20.5 Å². The number of para-hydroxylation sites is 1. The van der Waals surface area contributed by atoms with Crippen LogP contribution in [0.3, 0.4) is 0 Å². The molecule has 0 spiro atoms. The van der Waals surface area contributed by atoms with Crippen molar-refractivity contribution < 1.29 is 28.7 Å². The normalized spacial score (nSPS) is 28.4. The number of aromatic nitrogens is 1. The van der Waals surface area contributed by atoms with Gasteiger partial charge in [-0.2, -0.15) is 0 Å². The number of benzene rings is 2. The lowest BCUT2D eigenvalue weighted by atomic mass is 9.95. The van der Waals surface area contributed by atoms with Crippen molar-refractivity contribution >= 4 is 40.3 Å². The summed E-state index contributed by atoms with van der Waals surface area (Å²) in [5.74, 6) is -2.47. The summed E-state index contributed by atoms with van der Waals surface area (Å²) in [6.07, 6.45) is 2.67. The second-order valence-electron chi connectivity index (χ2n) is 12.7. The third-order valence-corrected chi connectivity index (χ3v) is 8.98. The van der Waals surface area contributed by atoms with Crippen LogP contribution in [0.2, 0.25) is 0 Å². The Morgan fingerprint density at radius 1 is 0.957 bits per heavy atom. The van der Waals surface area contributed by atoms with E-state index in [1.807, 2.05) is 50.4 Å². The predicted molar refractivity (Wildman–Crippen MR) is 181 cm³/mol. The molecule has 0 radical (unpaired) electrons. The van der Waals surface area contributed by atoms with Crippen LogP contribution in [-0.4, -0.2) is 72.0 Å². The molecule has 2 aromatic carbocycles. The third-order valence-electron chi connectivity index (χ3n) is 8.98. The van der Waals surface area contributed by atoms with Gasteiger partial charge in [-0.1, -0.05) is 55.8 Å². The lowest BCUT2D eigenvalue weighted by molar-refractivity contribution is -0.164. The molecule has 1 aromatic heterocycles. The van der Waals surface area contributed by atoms with E-state index < -0.39 is 54.0 Å². The first-order valence-electron chi connectivity index (χ1n) is 16.0. The number of esters is 1. The zero-order valence-corrected chi connectivity index (χ0v) is 28.2. The Morgan fingerprint density at radius 3 is 2.32 bits per heavy atom. The highest BCUT2D eigenvalue weighted by Gasteiger charge is 2.38. The summed E-state index contributed by atoms with van der Waals surface area (Å²) < 4.78 is 11.6. The monoisotopic (exact) mass is 645 g/mol. The van der Waals surface area contributed by atoms with E-state index in [1.165, 1.54) is 12.0 Å². The van der Waals surface area contributed by atoms with Crippen LogP contribution < -0.4 is 16.4 Å². The van der Waals surface area contributed by atoms with Crippen LogP contribution in [0.5, 0.6) is 0 Å². The number of cyclic esters (lactones) is 1. The minimum atomic E-state index is -1.21. The predicted octanol–water partition coefficient (Wildman–Crippen LogP) is 4.05. The Kier molecular flexibility index (Phi) is 11.5. The SMILES string of the molecule is CO[C@@H]1C(=O)O[C@H](C)[C@H](C)/C=C(\C)C[C@H](C)C(=O)N[C@@H](C)C(=O)N(C)[C@H](Cc2c[nH]c3ccccc23)C(=O)N[C@H]1c1ccc(N)cc1. The van der Waals surface area contributed by atoms with Gasteiger partial charge in [-0.25, -0.2) is 4.79 Å². The molecule has 0 aliphatic carbocycles. The standard InChI is InChI=1S/C36H47N5O6/c1-20-16-21(2)24(5)47-36(45)32(46-7)31(25-12-14-27(37)15-13-25)40-34(43)30(18-26-19-38-29-11-9-8-10-28(26)29)41(6)35(44)23(4)39-33(42)22(3)17-20/h8-16,19,21-24,30-32,38H,17-18,37H2,1-7H3,(H,39,42)(H,40,43)/b20-16+/t21-,22+,23+,24-,30-,31+,32+/m1/s1. The smallest absolute Gasteiger partial charge is 0.338 e. The van der Waals surface area contributed by atoms with Gasteiger partial charge in [-0.3, -0.25) is 14.4 Å². The second kappa shape index (κ2) is 15.3. The number of H-pyrrole nitrogens is 1.